The molecule has 4 nitrogen and oxygen atoms in total. The van der Waals surface area contributed by atoms with Crippen molar-refractivity contribution in [2.45, 2.75) is 33.8 Å². The molecule has 96 valence electrons. The van der Waals surface area contributed by atoms with Gasteiger partial charge in [0.05, 0.1) is 6.10 Å². The minimum Gasteiger partial charge on any atom is -0.484 e. The van der Waals surface area contributed by atoms with Crippen molar-refractivity contribution in [3.8, 4) is 5.75 Å². The van der Waals surface area contributed by atoms with Crippen LogP contribution in [0.2, 0.25) is 0 Å². The predicted molar refractivity (Wildman–Crippen MR) is 72.8 cm³/mol. The molecule has 0 aromatic carbocycles. The number of hydrogen-bond donors (Lipinski definition) is 1. The third-order valence-electron chi connectivity index (χ3n) is 3.29. The molecule has 0 saturated carbocycles. The van der Waals surface area contributed by atoms with Gasteiger partial charge in [-0.2, -0.15) is 4.37 Å². The van der Waals surface area contributed by atoms with E-state index in [0.717, 1.165) is 23.8 Å². The summed E-state index contributed by atoms with van der Waals surface area (Å²) >= 11 is 1.45. The number of anilines is 2. The highest BCUT2D eigenvalue weighted by atomic mass is 32.1. The molecule has 2 N–H and O–H groups in total. The molecule has 2 heterocycles. The molecule has 0 amide bonds. The average Bonchev–Trinajstić information content (AvgIpc) is 2.73. The van der Waals surface area contributed by atoms with Gasteiger partial charge in [-0.05, 0) is 37.2 Å². The van der Waals surface area contributed by atoms with Crippen molar-refractivity contribution < 1.29 is 4.74 Å². The van der Waals surface area contributed by atoms with Crippen LogP contribution < -0.4 is 15.4 Å². The smallest absolute Gasteiger partial charge is 0.198 e. The number of rotatable bonds is 3. The van der Waals surface area contributed by atoms with Gasteiger partial charge in [0.2, 0.25) is 0 Å². The summed E-state index contributed by atoms with van der Waals surface area (Å²) in [5.41, 5.74) is 5.87. The van der Waals surface area contributed by atoms with Gasteiger partial charge in [0.25, 0.3) is 0 Å². The van der Waals surface area contributed by atoms with Crippen molar-refractivity contribution in [3.05, 3.63) is 0 Å². The molecule has 0 spiro atoms. The second kappa shape index (κ2) is 4.72. The van der Waals surface area contributed by atoms with E-state index in [4.69, 9.17) is 10.5 Å². The summed E-state index contributed by atoms with van der Waals surface area (Å²) in [6.07, 6.45) is 0.130. The molecule has 5 heteroatoms. The molecule has 0 bridgehead atoms. The van der Waals surface area contributed by atoms with E-state index in [0.29, 0.717) is 17.7 Å². The maximum atomic E-state index is 5.87. The summed E-state index contributed by atoms with van der Waals surface area (Å²) in [5.74, 6) is 2.72. The lowest BCUT2D eigenvalue weighted by molar-refractivity contribution is 0.245. The second-order valence-electron chi connectivity index (χ2n) is 5.23. The van der Waals surface area contributed by atoms with Gasteiger partial charge in [0, 0.05) is 13.1 Å². The van der Waals surface area contributed by atoms with Gasteiger partial charge in [0.1, 0.15) is 0 Å². The zero-order chi connectivity index (χ0) is 12.6. The average molecular weight is 255 g/mol. The van der Waals surface area contributed by atoms with E-state index in [1.165, 1.54) is 11.5 Å². The molecule has 1 fully saturated rings. The predicted octanol–water partition coefficient (Wildman–Crippen LogP) is 2.60. The Bertz CT molecular complexity index is 381. The van der Waals surface area contributed by atoms with E-state index in [9.17, 15) is 0 Å². The van der Waals surface area contributed by atoms with Crippen LogP contribution in [0.25, 0.3) is 0 Å². The lowest BCUT2D eigenvalue weighted by atomic mass is 10.0. The number of ether oxygens (including phenoxy) is 1. The summed E-state index contributed by atoms with van der Waals surface area (Å²) in [4.78, 5) is 2.35. The molecule has 1 aromatic heterocycles. The summed E-state index contributed by atoms with van der Waals surface area (Å²) in [5, 5.41) is 1.09. The first-order valence-corrected chi connectivity index (χ1v) is 6.93. The van der Waals surface area contributed by atoms with Crippen LogP contribution >= 0.6 is 11.5 Å². The van der Waals surface area contributed by atoms with Crippen molar-refractivity contribution >= 4 is 22.4 Å². The number of nitrogen functional groups attached to an aromatic ring is 1. The van der Waals surface area contributed by atoms with Crippen molar-refractivity contribution in [2.75, 3.05) is 23.7 Å². The maximum Gasteiger partial charge on any atom is 0.198 e. The maximum absolute atomic E-state index is 5.87. The Kier molecular flexibility index (Phi) is 3.47. The normalized spacial score (nSPS) is 24.6. The van der Waals surface area contributed by atoms with Gasteiger partial charge in [-0.25, -0.2) is 0 Å². The van der Waals surface area contributed by atoms with Gasteiger partial charge < -0.3 is 15.4 Å². The van der Waals surface area contributed by atoms with Crippen molar-refractivity contribution in [1.29, 1.82) is 0 Å². The van der Waals surface area contributed by atoms with E-state index in [2.05, 4.69) is 23.1 Å². The summed E-state index contributed by atoms with van der Waals surface area (Å²) in [7, 11) is 0. The van der Waals surface area contributed by atoms with Crippen LogP contribution in [0.4, 0.5) is 10.8 Å². The van der Waals surface area contributed by atoms with Crippen molar-refractivity contribution in [1.82, 2.24) is 4.37 Å². The molecule has 2 unspecified atom stereocenters. The monoisotopic (exact) mass is 255 g/mol. The van der Waals surface area contributed by atoms with Crippen LogP contribution in [-0.2, 0) is 0 Å². The number of nitrogens with two attached hydrogens (primary N) is 1. The fourth-order valence-electron chi connectivity index (χ4n) is 2.13. The molecular formula is C12H21N3OS. The summed E-state index contributed by atoms with van der Waals surface area (Å²) in [6, 6.07) is 0. The SMILES string of the molecule is CC(C)Oc1c(N)nsc1N1CC(C)C(C)C1. The zero-order valence-electron chi connectivity index (χ0n) is 10.9. The largest absolute Gasteiger partial charge is 0.484 e. The van der Waals surface area contributed by atoms with Gasteiger partial charge in [-0.3, -0.25) is 0 Å². The summed E-state index contributed by atoms with van der Waals surface area (Å²) < 4.78 is 10.00. The number of aromatic nitrogens is 1. The van der Waals surface area contributed by atoms with E-state index >= 15 is 0 Å². The zero-order valence-corrected chi connectivity index (χ0v) is 11.8. The van der Waals surface area contributed by atoms with Crippen LogP contribution in [0, 0.1) is 11.8 Å². The van der Waals surface area contributed by atoms with Crippen LogP contribution in [-0.4, -0.2) is 23.6 Å². The Hall–Kier alpha value is -0.970. The van der Waals surface area contributed by atoms with Crippen LogP contribution in [0.1, 0.15) is 27.7 Å². The van der Waals surface area contributed by atoms with Gasteiger partial charge in [-0.15, -0.1) is 0 Å². The minimum absolute atomic E-state index is 0.130. The standard InChI is InChI=1S/C12H21N3OS/c1-7(2)16-10-11(13)14-17-12(10)15-5-8(3)9(4)6-15/h7-9H,5-6H2,1-4H3,(H2,13,14). The molecule has 0 radical (unpaired) electrons. The Labute approximate surface area is 107 Å². The molecule has 1 aliphatic heterocycles. The van der Waals surface area contributed by atoms with Crippen LogP contribution in [0.5, 0.6) is 5.75 Å². The molecule has 1 saturated heterocycles. The second-order valence-corrected chi connectivity index (χ2v) is 5.98. The van der Waals surface area contributed by atoms with Gasteiger partial charge >= 0.3 is 0 Å². The third-order valence-corrected chi connectivity index (χ3v) is 4.19. The minimum atomic E-state index is 0.130. The van der Waals surface area contributed by atoms with Gasteiger partial charge in [0.15, 0.2) is 16.6 Å². The van der Waals surface area contributed by atoms with Crippen molar-refractivity contribution in [2.24, 2.45) is 11.8 Å². The van der Waals surface area contributed by atoms with E-state index < -0.39 is 0 Å². The van der Waals surface area contributed by atoms with Gasteiger partial charge in [-0.1, -0.05) is 13.8 Å². The van der Waals surface area contributed by atoms with Crippen molar-refractivity contribution in [3.63, 3.8) is 0 Å². The molecule has 2 atom stereocenters. The van der Waals surface area contributed by atoms with Crippen LogP contribution in [0.3, 0.4) is 0 Å². The molecule has 1 aromatic rings. The van der Waals surface area contributed by atoms with E-state index in [1.807, 2.05) is 13.8 Å². The molecule has 1 aliphatic rings. The third kappa shape index (κ3) is 2.49. The lowest BCUT2D eigenvalue weighted by Gasteiger charge is -2.18. The first kappa shape index (κ1) is 12.5. The fourth-order valence-corrected chi connectivity index (χ4v) is 2.90. The van der Waals surface area contributed by atoms with E-state index in [1.54, 1.807) is 0 Å². The molecule has 2 rings (SSSR count). The summed E-state index contributed by atoms with van der Waals surface area (Å²) in [6.45, 7) is 10.7. The first-order chi connectivity index (χ1) is 7.99. The topological polar surface area (TPSA) is 51.4 Å². The Morgan fingerprint density at radius 1 is 1.35 bits per heavy atom. The van der Waals surface area contributed by atoms with Crippen LogP contribution in [0.15, 0.2) is 0 Å². The Balaban J connectivity index is 2.21. The quantitative estimate of drug-likeness (QED) is 0.902. The Morgan fingerprint density at radius 3 is 2.47 bits per heavy atom. The fraction of sp³-hybridized carbons (Fsp3) is 0.750. The molecule has 17 heavy (non-hydrogen) atoms. The molecule has 0 aliphatic carbocycles. The Morgan fingerprint density at radius 2 is 1.94 bits per heavy atom. The highest BCUT2D eigenvalue weighted by Gasteiger charge is 2.30. The highest BCUT2D eigenvalue weighted by Crippen LogP contribution is 2.41. The highest BCUT2D eigenvalue weighted by molar-refractivity contribution is 7.11. The first-order valence-electron chi connectivity index (χ1n) is 6.15. The molecular weight excluding hydrogens is 234 g/mol. The number of nitrogens with zero attached hydrogens (tertiary/aromatic N) is 2. The lowest BCUT2D eigenvalue weighted by Crippen LogP contribution is -2.20. The number of hydrogen-bond acceptors (Lipinski definition) is 5. The van der Waals surface area contributed by atoms with E-state index in [-0.39, 0.29) is 6.10 Å².